The van der Waals surface area contributed by atoms with Gasteiger partial charge in [0.15, 0.2) is 0 Å². The van der Waals surface area contributed by atoms with Crippen LogP contribution in [0.15, 0.2) is 40.2 Å². The van der Waals surface area contributed by atoms with E-state index in [0.29, 0.717) is 63.3 Å². The largest absolute Gasteiger partial charge is 0.383 e. The lowest BCUT2D eigenvalue weighted by molar-refractivity contribution is -0.127. The molecule has 1 heterocycles. The Balaban J connectivity index is 1.54. The highest BCUT2D eigenvalue weighted by molar-refractivity contribution is 7.99. The molecule has 2 rings (SSSR count). The molecule has 0 radical (unpaired) electrons. The van der Waals surface area contributed by atoms with E-state index in [9.17, 15) is 18.8 Å². The van der Waals surface area contributed by atoms with E-state index < -0.39 is 17.6 Å². The van der Waals surface area contributed by atoms with Crippen LogP contribution in [-0.4, -0.2) is 112 Å². The molecule has 2 amide bonds. The summed E-state index contributed by atoms with van der Waals surface area (Å²) in [5.74, 6) is -0.287. The Bertz CT molecular complexity index is 1240. The van der Waals surface area contributed by atoms with Crippen molar-refractivity contribution in [3.63, 3.8) is 0 Å². The Hall–Kier alpha value is -2.79. The van der Waals surface area contributed by atoms with E-state index >= 15 is 0 Å². The number of amides is 2. The van der Waals surface area contributed by atoms with Gasteiger partial charge in [-0.2, -0.15) is 4.98 Å². The number of thioether (sulfide) groups is 1. The van der Waals surface area contributed by atoms with Crippen molar-refractivity contribution in [2.75, 3.05) is 90.0 Å². The molecule has 0 bridgehead atoms. The highest BCUT2D eigenvalue weighted by atomic mass is 35.5. The standard InChI is InChI=1S/C32H49ClFN5O8S/c1-25(40)37-28(24-48-29-23-39(32(42)38-30(29)35)22-26-6-8-27(34)9-7-26)31(41)36-11-13-44-15-17-46-19-21-47-20-18-45-16-14-43-12-5-3-2-4-10-33/h6-9,23,28H,2-5,10-22,24H2,1H3,(H,36,41)(H,37,40)(H2,35,38,42)/t28-/m0/s1. The summed E-state index contributed by atoms with van der Waals surface area (Å²) in [6.07, 6.45) is 5.91. The van der Waals surface area contributed by atoms with E-state index in [-0.39, 0.29) is 43.0 Å². The number of hydrogen-bond acceptors (Lipinski definition) is 11. The first-order chi connectivity index (χ1) is 23.3. The molecule has 270 valence electrons. The van der Waals surface area contributed by atoms with Gasteiger partial charge in [0.2, 0.25) is 11.8 Å². The van der Waals surface area contributed by atoms with Gasteiger partial charge >= 0.3 is 5.69 Å². The van der Waals surface area contributed by atoms with Crippen LogP contribution in [0.25, 0.3) is 0 Å². The highest BCUT2D eigenvalue weighted by Gasteiger charge is 2.20. The molecular formula is C32H49ClFN5O8S. The maximum absolute atomic E-state index is 13.2. The molecule has 0 aliphatic rings. The van der Waals surface area contributed by atoms with Gasteiger partial charge in [0.05, 0.1) is 70.9 Å². The fourth-order valence-electron chi connectivity index (χ4n) is 4.10. The van der Waals surface area contributed by atoms with Gasteiger partial charge < -0.3 is 40.1 Å². The summed E-state index contributed by atoms with van der Waals surface area (Å²) in [6.45, 7) is 6.38. The predicted molar refractivity (Wildman–Crippen MR) is 183 cm³/mol. The predicted octanol–water partition coefficient (Wildman–Crippen LogP) is 2.61. The maximum Gasteiger partial charge on any atom is 0.349 e. The highest BCUT2D eigenvalue weighted by Crippen LogP contribution is 2.23. The number of halogens is 2. The van der Waals surface area contributed by atoms with Gasteiger partial charge in [-0.3, -0.25) is 14.2 Å². The molecule has 0 unspecified atom stereocenters. The molecule has 2 aromatic rings. The number of carbonyl (C=O) groups is 2. The van der Waals surface area contributed by atoms with Crippen molar-refractivity contribution in [1.29, 1.82) is 0 Å². The van der Waals surface area contributed by atoms with E-state index in [0.717, 1.165) is 38.2 Å². The van der Waals surface area contributed by atoms with Gasteiger partial charge in [-0.15, -0.1) is 23.4 Å². The first kappa shape index (κ1) is 41.4. The fraction of sp³-hybridized carbons (Fsp3) is 0.625. The van der Waals surface area contributed by atoms with Gasteiger partial charge in [-0.05, 0) is 30.5 Å². The van der Waals surface area contributed by atoms with Crippen LogP contribution in [0, 0.1) is 5.82 Å². The number of nitrogen functional groups attached to an aromatic ring is 1. The first-order valence-corrected chi connectivity index (χ1v) is 17.6. The Morgan fingerprint density at radius 2 is 1.46 bits per heavy atom. The topological polar surface area (TPSA) is 165 Å². The second-order valence-corrected chi connectivity index (χ2v) is 12.0. The molecular weight excluding hydrogens is 669 g/mol. The van der Waals surface area contributed by atoms with E-state index in [1.807, 2.05) is 0 Å². The molecule has 1 aromatic heterocycles. The molecule has 13 nitrogen and oxygen atoms in total. The molecule has 0 spiro atoms. The second-order valence-electron chi connectivity index (χ2n) is 10.5. The number of rotatable bonds is 28. The number of nitrogens with two attached hydrogens (primary N) is 1. The molecule has 4 N–H and O–H groups in total. The van der Waals surface area contributed by atoms with Gasteiger partial charge in [-0.25, -0.2) is 9.18 Å². The van der Waals surface area contributed by atoms with Crippen molar-refractivity contribution in [3.05, 3.63) is 52.3 Å². The third kappa shape index (κ3) is 19.3. The lowest BCUT2D eigenvalue weighted by atomic mass is 10.2. The number of alkyl halides is 1. The molecule has 0 aliphatic heterocycles. The van der Waals surface area contributed by atoms with Crippen LogP contribution in [0.3, 0.4) is 0 Å². The molecule has 1 aromatic carbocycles. The van der Waals surface area contributed by atoms with Gasteiger partial charge in [0.25, 0.3) is 0 Å². The zero-order valence-electron chi connectivity index (χ0n) is 27.6. The van der Waals surface area contributed by atoms with Gasteiger partial charge in [0, 0.05) is 37.9 Å². The van der Waals surface area contributed by atoms with Crippen molar-refractivity contribution in [3.8, 4) is 0 Å². The summed E-state index contributed by atoms with van der Waals surface area (Å²) in [5.41, 5.74) is 6.10. The minimum absolute atomic E-state index is 0.00992. The van der Waals surface area contributed by atoms with Crippen molar-refractivity contribution >= 4 is 41.0 Å². The van der Waals surface area contributed by atoms with Crippen LogP contribution in [0.4, 0.5) is 10.2 Å². The summed E-state index contributed by atoms with van der Waals surface area (Å²) in [4.78, 5) is 41.2. The Morgan fingerprint density at radius 3 is 2.04 bits per heavy atom. The van der Waals surface area contributed by atoms with E-state index in [4.69, 9.17) is 41.0 Å². The maximum atomic E-state index is 13.2. The minimum atomic E-state index is -0.868. The molecule has 0 saturated carbocycles. The quantitative estimate of drug-likeness (QED) is 0.0673. The van der Waals surface area contributed by atoms with Crippen molar-refractivity contribution in [2.24, 2.45) is 0 Å². The average Bonchev–Trinajstić information content (AvgIpc) is 3.06. The van der Waals surface area contributed by atoms with E-state index in [1.165, 1.54) is 41.6 Å². The fourth-order valence-corrected chi connectivity index (χ4v) is 5.27. The van der Waals surface area contributed by atoms with Crippen molar-refractivity contribution in [2.45, 2.75) is 50.1 Å². The lowest BCUT2D eigenvalue weighted by Gasteiger charge is -2.18. The summed E-state index contributed by atoms with van der Waals surface area (Å²) in [7, 11) is 0. The zero-order chi connectivity index (χ0) is 34.8. The third-order valence-electron chi connectivity index (χ3n) is 6.56. The first-order valence-electron chi connectivity index (χ1n) is 16.0. The molecule has 0 fully saturated rings. The number of anilines is 1. The van der Waals surface area contributed by atoms with Crippen LogP contribution >= 0.6 is 23.4 Å². The summed E-state index contributed by atoms with van der Waals surface area (Å²) in [5, 5.41) is 5.37. The lowest BCUT2D eigenvalue weighted by Crippen LogP contribution is -2.48. The zero-order valence-corrected chi connectivity index (χ0v) is 29.2. The van der Waals surface area contributed by atoms with Gasteiger partial charge in [-0.1, -0.05) is 25.0 Å². The third-order valence-corrected chi connectivity index (χ3v) is 7.95. The number of unbranched alkanes of at least 4 members (excludes halogenated alkanes) is 3. The Morgan fingerprint density at radius 1 is 0.896 bits per heavy atom. The SMILES string of the molecule is CC(=O)N[C@@H](CSc1cn(Cc2ccc(F)cc2)c(=O)nc1N)C(=O)NCCOCCOCCOCCOCCOCCCCCCCl. The van der Waals surface area contributed by atoms with Crippen molar-refractivity contribution in [1.82, 2.24) is 20.2 Å². The number of benzene rings is 1. The van der Waals surface area contributed by atoms with Crippen LogP contribution < -0.4 is 22.1 Å². The number of ether oxygens (including phenoxy) is 5. The monoisotopic (exact) mass is 717 g/mol. The number of nitrogens with one attached hydrogen (secondary N) is 2. The van der Waals surface area contributed by atoms with Crippen LogP contribution in [-0.2, 0) is 39.8 Å². The Labute approximate surface area is 290 Å². The smallest absolute Gasteiger partial charge is 0.349 e. The number of hydrogen-bond donors (Lipinski definition) is 3. The molecule has 16 heteroatoms. The summed E-state index contributed by atoms with van der Waals surface area (Å²) in [6, 6.07) is 4.88. The van der Waals surface area contributed by atoms with Crippen molar-refractivity contribution < 1.29 is 37.7 Å². The Kier molecular flexibility index (Phi) is 22.5. The molecule has 1 atom stereocenters. The molecule has 0 aliphatic carbocycles. The van der Waals surface area contributed by atoms with E-state index in [2.05, 4.69) is 15.6 Å². The average molecular weight is 718 g/mol. The minimum Gasteiger partial charge on any atom is -0.383 e. The number of aromatic nitrogens is 2. The number of carbonyl (C=O) groups excluding carboxylic acids is 2. The summed E-state index contributed by atoms with van der Waals surface area (Å²) >= 11 is 6.83. The normalized spacial score (nSPS) is 11.8. The molecule has 0 saturated heterocycles. The van der Waals surface area contributed by atoms with Crippen LogP contribution in [0.1, 0.15) is 38.2 Å². The number of nitrogens with zero attached hydrogens (tertiary/aromatic N) is 2. The van der Waals surface area contributed by atoms with Gasteiger partial charge in [0.1, 0.15) is 17.7 Å². The second kappa shape index (κ2) is 26.1. The van der Waals surface area contributed by atoms with E-state index in [1.54, 1.807) is 12.1 Å². The molecule has 48 heavy (non-hydrogen) atoms. The van der Waals surface area contributed by atoms with Crippen LogP contribution in [0.5, 0.6) is 0 Å². The summed E-state index contributed by atoms with van der Waals surface area (Å²) < 4.78 is 42.0. The van der Waals surface area contributed by atoms with Crippen LogP contribution in [0.2, 0.25) is 0 Å².